The maximum atomic E-state index is 9.97. The van der Waals surface area contributed by atoms with Crippen LogP contribution in [-0.2, 0) is 7.05 Å². The first-order valence-corrected chi connectivity index (χ1v) is 9.89. The van der Waals surface area contributed by atoms with Gasteiger partial charge in [-0.1, -0.05) is 13.8 Å². The number of fused-ring (bicyclic) bond motifs is 1. The van der Waals surface area contributed by atoms with Crippen LogP contribution in [-0.4, -0.2) is 68.1 Å². The van der Waals surface area contributed by atoms with Gasteiger partial charge in [0.1, 0.15) is 11.6 Å². The van der Waals surface area contributed by atoms with Crippen LogP contribution in [0.3, 0.4) is 0 Å². The average Bonchev–Trinajstić information content (AvgIpc) is 3.02. The monoisotopic (exact) mass is 358 g/mol. The number of rotatable bonds is 3. The van der Waals surface area contributed by atoms with E-state index >= 15 is 0 Å². The van der Waals surface area contributed by atoms with Gasteiger partial charge in [0.2, 0.25) is 0 Å². The van der Waals surface area contributed by atoms with E-state index in [1.54, 1.807) is 0 Å². The second kappa shape index (κ2) is 7.12. The van der Waals surface area contributed by atoms with Crippen LogP contribution in [0, 0.1) is 0 Å². The molecule has 0 aliphatic carbocycles. The molecule has 4 rings (SSSR count). The van der Waals surface area contributed by atoms with Crippen LogP contribution in [0.15, 0.2) is 6.20 Å². The van der Waals surface area contributed by atoms with Crippen molar-refractivity contribution in [2.24, 2.45) is 7.05 Å². The van der Waals surface area contributed by atoms with Gasteiger partial charge in [0.05, 0.1) is 17.7 Å². The van der Waals surface area contributed by atoms with E-state index in [1.807, 2.05) is 17.9 Å². The van der Waals surface area contributed by atoms with E-state index in [2.05, 4.69) is 28.7 Å². The molecule has 2 saturated heterocycles. The molecule has 0 saturated carbocycles. The minimum atomic E-state index is -0.146. The van der Waals surface area contributed by atoms with Crippen LogP contribution >= 0.6 is 0 Å². The van der Waals surface area contributed by atoms with E-state index < -0.39 is 0 Å². The number of nitrogens with zero attached hydrogens (tertiary/aromatic N) is 6. The van der Waals surface area contributed by atoms with Crippen LogP contribution in [0.25, 0.3) is 11.0 Å². The quantitative estimate of drug-likeness (QED) is 0.904. The summed E-state index contributed by atoms with van der Waals surface area (Å²) in [4.78, 5) is 14.5. The third-order valence-electron chi connectivity index (χ3n) is 5.81. The van der Waals surface area contributed by atoms with Gasteiger partial charge < -0.3 is 10.0 Å². The van der Waals surface area contributed by atoms with Crippen LogP contribution < -0.4 is 4.90 Å². The first kappa shape index (κ1) is 17.7. The van der Waals surface area contributed by atoms with E-state index in [4.69, 9.17) is 9.97 Å². The van der Waals surface area contributed by atoms with Crippen molar-refractivity contribution < 1.29 is 5.11 Å². The number of β-amino-alcohol motifs (C(OH)–C–C–N with tert-alkyl or cyclic N) is 1. The molecule has 2 aromatic heterocycles. The molecule has 0 unspecified atom stereocenters. The highest BCUT2D eigenvalue weighted by atomic mass is 16.3. The number of hydrogen-bond donors (Lipinski definition) is 1. The summed E-state index contributed by atoms with van der Waals surface area (Å²) in [7, 11) is 1.94. The summed E-state index contributed by atoms with van der Waals surface area (Å²) in [6, 6.07) is 0.581. The van der Waals surface area contributed by atoms with Gasteiger partial charge in [0, 0.05) is 38.6 Å². The standard InChI is InChI=1S/C19H30N6O/c1-13(2)17-21-18-16(11-20-23(18)3)19(22-17)24-9-6-14(7-10-24)25-8-4-5-15(26)12-25/h11,13-15,26H,4-10,12H2,1-3H3/t15-/m1/s1. The van der Waals surface area contributed by atoms with Crippen LogP contribution in [0.5, 0.6) is 0 Å². The molecule has 4 heterocycles. The Hall–Kier alpha value is -1.73. The van der Waals surface area contributed by atoms with Crippen molar-refractivity contribution >= 4 is 16.9 Å². The normalized spacial score (nSPS) is 23.3. The fourth-order valence-corrected chi connectivity index (χ4v) is 4.28. The molecule has 0 spiro atoms. The molecule has 2 aliphatic heterocycles. The molecule has 1 N–H and O–H groups in total. The lowest BCUT2D eigenvalue weighted by Crippen LogP contribution is -2.49. The Labute approximate surface area is 155 Å². The largest absolute Gasteiger partial charge is 0.392 e. The summed E-state index contributed by atoms with van der Waals surface area (Å²) < 4.78 is 1.84. The number of aryl methyl sites for hydroxylation is 1. The molecule has 0 amide bonds. The Kier molecular flexibility index (Phi) is 4.84. The molecule has 26 heavy (non-hydrogen) atoms. The second-order valence-corrected chi connectivity index (χ2v) is 8.07. The van der Waals surface area contributed by atoms with Gasteiger partial charge in [-0.15, -0.1) is 0 Å². The van der Waals surface area contributed by atoms with Crippen LogP contribution in [0.1, 0.15) is 51.3 Å². The van der Waals surface area contributed by atoms with E-state index in [-0.39, 0.29) is 6.10 Å². The van der Waals surface area contributed by atoms with Gasteiger partial charge in [-0.05, 0) is 32.2 Å². The van der Waals surface area contributed by atoms with Gasteiger partial charge in [-0.3, -0.25) is 9.58 Å². The Morgan fingerprint density at radius 1 is 1.12 bits per heavy atom. The van der Waals surface area contributed by atoms with Gasteiger partial charge in [0.15, 0.2) is 5.65 Å². The zero-order valence-electron chi connectivity index (χ0n) is 16.1. The molecular formula is C19H30N6O. The molecular weight excluding hydrogens is 328 g/mol. The van der Waals surface area contributed by atoms with Crippen molar-refractivity contribution in [2.45, 2.75) is 57.6 Å². The minimum absolute atomic E-state index is 0.146. The molecule has 2 aromatic rings. The highest BCUT2D eigenvalue weighted by molar-refractivity contribution is 5.87. The lowest BCUT2D eigenvalue weighted by molar-refractivity contribution is 0.0398. The van der Waals surface area contributed by atoms with E-state index in [9.17, 15) is 5.11 Å². The molecule has 7 heteroatoms. The Bertz CT molecular complexity index is 765. The molecule has 1 atom stereocenters. The van der Waals surface area contributed by atoms with Crippen molar-refractivity contribution in [2.75, 3.05) is 31.1 Å². The van der Waals surface area contributed by atoms with Gasteiger partial charge in [-0.25, -0.2) is 9.97 Å². The predicted octanol–water partition coefficient (Wildman–Crippen LogP) is 1.91. The number of likely N-dealkylation sites (tertiary alicyclic amines) is 1. The number of piperidine rings is 2. The summed E-state index contributed by atoms with van der Waals surface area (Å²) in [5, 5.41) is 15.4. The number of anilines is 1. The SMILES string of the molecule is CC(C)c1nc(N2CCC(N3CCC[C@@H](O)C3)CC2)c2cnn(C)c2n1. The zero-order chi connectivity index (χ0) is 18.3. The van der Waals surface area contributed by atoms with Crippen molar-refractivity contribution in [1.82, 2.24) is 24.6 Å². The fourth-order valence-electron chi connectivity index (χ4n) is 4.28. The van der Waals surface area contributed by atoms with Crippen molar-refractivity contribution in [3.63, 3.8) is 0 Å². The first-order valence-electron chi connectivity index (χ1n) is 9.89. The third kappa shape index (κ3) is 3.30. The summed E-state index contributed by atoms with van der Waals surface area (Å²) >= 11 is 0. The molecule has 0 aromatic carbocycles. The highest BCUT2D eigenvalue weighted by Crippen LogP contribution is 2.29. The number of hydrogen-bond acceptors (Lipinski definition) is 6. The number of aliphatic hydroxyl groups is 1. The number of aromatic nitrogens is 4. The summed E-state index contributed by atoms with van der Waals surface area (Å²) in [6.45, 7) is 8.22. The zero-order valence-corrected chi connectivity index (χ0v) is 16.1. The highest BCUT2D eigenvalue weighted by Gasteiger charge is 2.29. The molecule has 2 aliphatic rings. The van der Waals surface area contributed by atoms with Crippen molar-refractivity contribution in [3.8, 4) is 0 Å². The molecule has 0 radical (unpaired) electrons. The summed E-state index contributed by atoms with van der Waals surface area (Å²) in [6.07, 6.45) is 6.05. The molecule has 2 fully saturated rings. The first-order chi connectivity index (χ1) is 12.5. The molecule has 0 bridgehead atoms. The van der Waals surface area contributed by atoms with Crippen LogP contribution in [0.4, 0.5) is 5.82 Å². The topological polar surface area (TPSA) is 70.3 Å². The van der Waals surface area contributed by atoms with Crippen molar-refractivity contribution in [1.29, 1.82) is 0 Å². The summed E-state index contributed by atoms with van der Waals surface area (Å²) in [5.74, 6) is 2.21. The summed E-state index contributed by atoms with van der Waals surface area (Å²) in [5.41, 5.74) is 0.917. The van der Waals surface area contributed by atoms with Gasteiger partial charge >= 0.3 is 0 Å². The molecule has 7 nitrogen and oxygen atoms in total. The lowest BCUT2D eigenvalue weighted by atomic mass is 9.99. The average molecular weight is 358 g/mol. The smallest absolute Gasteiger partial charge is 0.163 e. The Balaban J connectivity index is 1.54. The van der Waals surface area contributed by atoms with Crippen molar-refractivity contribution in [3.05, 3.63) is 12.0 Å². The molecule has 142 valence electrons. The maximum absolute atomic E-state index is 9.97. The Morgan fingerprint density at radius 2 is 1.88 bits per heavy atom. The van der Waals surface area contributed by atoms with Crippen LogP contribution in [0.2, 0.25) is 0 Å². The predicted molar refractivity (Wildman–Crippen MR) is 102 cm³/mol. The van der Waals surface area contributed by atoms with E-state index in [0.29, 0.717) is 12.0 Å². The fraction of sp³-hybridized carbons (Fsp3) is 0.737. The second-order valence-electron chi connectivity index (χ2n) is 8.07. The van der Waals surface area contributed by atoms with Gasteiger partial charge in [-0.2, -0.15) is 5.10 Å². The van der Waals surface area contributed by atoms with Gasteiger partial charge in [0.25, 0.3) is 0 Å². The van der Waals surface area contributed by atoms with E-state index in [1.165, 1.54) is 0 Å². The third-order valence-corrected chi connectivity index (χ3v) is 5.81. The minimum Gasteiger partial charge on any atom is -0.392 e. The maximum Gasteiger partial charge on any atom is 0.163 e. The Morgan fingerprint density at radius 3 is 2.58 bits per heavy atom. The number of aliphatic hydroxyl groups excluding tert-OH is 1. The van der Waals surface area contributed by atoms with E-state index in [0.717, 1.165) is 74.5 Å². The lowest BCUT2D eigenvalue weighted by Gasteiger charge is -2.41.